The smallest absolute Gasteiger partial charge is 0.322 e. The highest BCUT2D eigenvalue weighted by atomic mass is 35.5. The zero-order valence-corrected chi connectivity index (χ0v) is 23.0. The first kappa shape index (κ1) is 26.7. The van der Waals surface area contributed by atoms with Crippen molar-refractivity contribution in [2.75, 3.05) is 17.2 Å². The van der Waals surface area contributed by atoms with E-state index in [0.717, 1.165) is 24.3 Å². The third-order valence-electron chi connectivity index (χ3n) is 8.31. The molecule has 2 aromatic rings. The average molecular weight is 563 g/mol. The van der Waals surface area contributed by atoms with Crippen molar-refractivity contribution in [2.24, 2.45) is 16.8 Å². The van der Waals surface area contributed by atoms with Crippen LogP contribution in [0.2, 0.25) is 5.02 Å². The minimum absolute atomic E-state index is 0.0759. The second kappa shape index (κ2) is 10.8. The largest absolute Gasteiger partial charge is 0.323 e. The number of nitrogens with zero attached hydrogens (tertiary/aromatic N) is 3. The number of amides is 3. The molecule has 3 N–H and O–H groups in total. The molecular weight excluding hydrogens is 531 g/mol. The van der Waals surface area contributed by atoms with Gasteiger partial charge in [0, 0.05) is 25.2 Å². The normalized spacial score (nSPS) is 26.9. The van der Waals surface area contributed by atoms with E-state index >= 15 is 4.39 Å². The summed E-state index contributed by atoms with van der Waals surface area (Å²) in [4.78, 5) is 36.4. The summed E-state index contributed by atoms with van der Waals surface area (Å²) in [6.07, 6.45) is 14.0. The number of carbonyl (C=O) groups excluding carboxylic acids is 2. The quantitative estimate of drug-likeness (QED) is 0.407. The summed E-state index contributed by atoms with van der Waals surface area (Å²) in [6, 6.07) is 7.06. The van der Waals surface area contributed by atoms with Crippen molar-refractivity contribution in [1.82, 2.24) is 15.2 Å². The third kappa shape index (κ3) is 5.28. The van der Waals surface area contributed by atoms with Gasteiger partial charge in [-0.2, -0.15) is 0 Å². The van der Waals surface area contributed by atoms with Gasteiger partial charge in [-0.1, -0.05) is 37.4 Å². The van der Waals surface area contributed by atoms with E-state index < -0.39 is 29.3 Å². The highest BCUT2D eigenvalue weighted by molar-refractivity contribution is 6.30. The summed E-state index contributed by atoms with van der Waals surface area (Å²) in [5.41, 5.74) is 1.76. The van der Waals surface area contributed by atoms with E-state index in [-0.39, 0.29) is 17.6 Å². The fraction of sp³-hybridized carbons (Fsp3) is 0.400. The number of allylic oxidation sites excluding steroid dienone is 1. The molecule has 4 atom stereocenters. The number of hydrogen-bond donors (Lipinski definition) is 3. The van der Waals surface area contributed by atoms with Crippen LogP contribution in [0.1, 0.15) is 44.6 Å². The number of pyridine rings is 1. The lowest BCUT2D eigenvalue weighted by Crippen LogP contribution is -2.62. The van der Waals surface area contributed by atoms with Gasteiger partial charge in [0.2, 0.25) is 5.91 Å². The van der Waals surface area contributed by atoms with E-state index in [1.54, 1.807) is 36.7 Å². The van der Waals surface area contributed by atoms with Gasteiger partial charge in [0.05, 0.1) is 22.3 Å². The van der Waals surface area contributed by atoms with Gasteiger partial charge < -0.3 is 10.2 Å². The maximum atomic E-state index is 15.1. The van der Waals surface area contributed by atoms with Gasteiger partial charge in [-0.15, -0.1) is 0 Å². The Balaban J connectivity index is 1.22. The molecule has 3 fully saturated rings. The van der Waals surface area contributed by atoms with Crippen LogP contribution in [0.3, 0.4) is 0 Å². The molecule has 1 saturated carbocycles. The predicted octanol–water partition coefficient (Wildman–Crippen LogP) is 5.64. The summed E-state index contributed by atoms with van der Waals surface area (Å²) >= 11 is 5.89. The Labute approximate surface area is 237 Å². The molecular formula is C30H32ClFN6O2. The van der Waals surface area contributed by atoms with Crippen LogP contribution in [0.15, 0.2) is 65.4 Å². The van der Waals surface area contributed by atoms with Crippen LogP contribution in [0.25, 0.3) is 0 Å². The average Bonchev–Trinajstić information content (AvgIpc) is 3.71. The minimum atomic E-state index is -0.744. The van der Waals surface area contributed by atoms with Crippen molar-refractivity contribution in [2.45, 2.75) is 56.7 Å². The number of rotatable bonds is 7. The second-order valence-electron chi connectivity index (χ2n) is 11.3. The molecule has 2 saturated heterocycles. The summed E-state index contributed by atoms with van der Waals surface area (Å²) in [5.74, 6) is 0.235. The monoisotopic (exact) mass is 562 g/mol. The highest BCUT2D eigenvalue weighted by Crippen LogP contribution is 2.48. The number of aromatic nitrogens is 1. The fourth-order valence-electron chi connectivity index (χ4n) is 6.01. The van der Waals surface area contributed by atoms with E-state index in [1.165, 1.54) is 35.6 Å². The number of nitrogens with one attached hydrogen (secondary N) is 3. The topological polar surface area (TPSA) is 98.7 Å². The van der Waals surface area contributed by atoms with Crippen LogP contribution in [0.5, 0.6) is 0 Å². The van der Waals surface area contributed by atoms with Crippen LogP contribution in [-0.2, 0) is 10.3 Å². The Morgan fingerprint density at radius 1 is 1.23 bits per heavy atom. The first-order valence-electron chi connectivity index (χ1n) is 13.8. The minimum Gasteiger partial charge on any atom is -0.322 e. The number of hydrogen-bond acceptors (Lipinski definition) is 5. The summed E-state index contributed by atoms with van der Waals surface area (Å²) in [6.45, 7) is 2.38. The third-order valence-corrected chi connectivity index (χ3v) is 8.54. The molecule has 1 aliphatic carbocycles. The lowest BCUT2D eigenvalue weighted by atomic mass is 9.68. The number of aliphatic imine (C=N–C) groups is 1. The molecule has 0 spiro atoms. The van der Waals surface area contributed by atoms with E-state index in [9.17, 15) is 9.59 Å². The lowest BCUT2D eigenvalue weighted by molar-refractivity contribution is -0.119. The highest BCUT2D eigenvalue weighted by Gasteiger charge is 2.49. The van der Waals surface area contributed by atoms with Gasteiger partial charge in [-0.3, -0.25) is 20.4 Å². The predicted molar refractivity (Wildman–Crippen MR) is 154 cm³/mol. The number of halogens is 2. The molecule has 2 unspecified atom stereocenters. The molecule has 3 amide bonds. The van der Waals surface area contributed by atoms with E-state index in [1.807, 2.05) is 19.1 Å². The standard InChI is InChI=1S/C30H32ClFN6O2/c1-18-14-26(38(17-18)29(40)36-27-7-5-21(31)16-34-27)28(39)35-25-15-20(4-6-23(25)32)30(11-8-19-2-3-19)22-9-12-33-13-10-24(22)37-30/h4-7,9-10,12-13,15-16,18-19,24,26,37H,2-3,8,11,14,17H2,1H3,(H,35,39)(H,34,36,40)/t18-,24?,26+,30?/m0/s1. The number of anilines is 2. The molecule has 4 aliphatic rings. The van der Waals surface area contributed by atoms with E-state index in [4.69, 9.17) is 11.6 Å². The Bertz CT molecular complexity index is 1410. The van der Waals surface area contributed by atoms with E-state index in [2.05, 4.69) is 25.9 Å². The van der Waals surface area contributed by atoms with Crippen LogP contribution < -0.4 is 16.0 Å². The molecule has 4 heterocycles. The van der Waals surface area contributed by atoms with Crippen LogP contribution >= 0.6 is 11.6 Å². The number of fused-ring (bicyclic) bond motifs is 1. The van der Waals surface area contributed by atoms with Crippen molar-refractivity contribution in [3.05, 3.63) is 76.9 Å². The lowest BCUT2D eigenvalue weighted by Gasteiger charge is -2.52. The Kier molecular flexibility index (Phi) is 7.18. The molecule has 0 bridgehead atoms. The van der Waals surface area contributed by atoms with E-state index in [0.29, 0.717) is 23.8 Å². The van der Waals surface area contributed by atoms with Crippen molar-refractivity contribution >= 4 is 41.3 Å². The first-order valence-corrected chi connectivity index (χ1v) is 14.2. The first-order chi connectivity index (χ1) is 19.3. The molecule has 6 rings (SSSR count). The molecule has 1 aromatic heterocycles. The molecule has 40 heavy (non-hydrogen) atoms. The molecule has 10 heteroatoms. The summed E-state index contributed by atoms with van der Waals surface area (Å²) in [7, 11) is 0. The SMILES string of the molecule is C[C@H]1C[C@H](C(=O)Nc2cc(C3(CCC4CC4)NC4C=CN=CC=C43)ccc2F)N(C(=O)Nc2ccc(Cl)cn2)C1. The summed E-state index contributed by atoms with van der Waals surface area (Å²) in [5, 5.41) is 9.68. The number of likely N-dealkylation sites (tertiary alicyclic amines) is 1. The van der Waals surface area contributed by atoms with Gasteiger partial charge in [-0.25, -0.2) is 14.2 Å². The Hall–Kier alpha value is -3.56. The number of benzene rings is 1. The second-order valence-corrected chi connectivity index (χ2v) is 11.7. The van der Waals surface area contributed by atoms with Gasteiger partial charge in [0.15, 0.2) is 0 Å². The zero-order valence-electron chi connectivity index (χ0n) is 22.2. The van der Waals surface area contributed by atoms with Gasteiger partial charge >= 0.3 is 6.03 Å². The van der Waals surface area contributed by atoms with Crippen LogP contribution in [0, 0.1) is 17.7 Å². The van der Waals surface area contributed by atoms with Gasteiger partial charge in [0.25, 0.3) is 0 Å². The Morgan fingerprint density at radius 2 is 2.08 bits per heavy atom. The molecule has 0 radical (unpaired) electrons. The van der Waals surface area contributed by atoms with Gasteiger partial charge in [0.1, 0.15) is 17.7 Å². The number of carbonyl (C=O) groups is 2. The van der Waals surface area contributed by atoms with Gasteiger partial charge in [-0.05, 0) is 78.7 Å². The summed E-state index contributed by atoms with van der Waals surface area (Å²) < 4.78 is 15.1. The van der Waals surface area contributed by atoms with Crippen LogP contribution in [-0.4, -0.2) is 46.7 Å². The molecule has 8 nitrogen and oxygen atoms in total. The van der Waals surface area contributed by atoms with Crippen molar-refractivity contribution in [3.8, 4) is 0 Å². The van der Waals surface area contributed by atoms with Crippen molar-refractivity contribution in [1.29, 1.82) is 0 Å². The van der Waals surface area contributed by atoms with Crippen LogP contribution in [0.4, 0.5) is 20.7 Å². The van der Waals surface area contributed by atoms with Crippen molar-refractivity contribution < 1.29 is 14.0 Å². The zero-order chi connectivity index (χ0) is 27.9. The molecule has 3 aliphatic heterocycles. The molecule has 208 valence electrons. The number of urea groups is 1. The molecule has 1 aromatic carbocycles. The maximum Gasteiger partial charge on any atom is 0.323 e. The Morgan fingerprint density at radius 3 is 2.85 bits per heavy atom. The maximum absolute atomic E-state index is 15.1. The van der Waals surface area contributed by atoms with Crippen molar-refractivity contribution in [3.63, 3.8) is 0 Å². The fourth-order valence-corrected chi connectivity index (χ4v) is 6.12.